The number of nitrogens with zero attached hydrogens (tertiary/aromatic N) is 2. The lowest BCUT2D eigenvalue weighted by Gasteiger charge is -2.35. The van der Waals surface area contributed by atoms with Gasteiger partial charge in [-0.3, -0.25) is 14.4 Å². The smallest absolute Gasteiger partial charge is 0.247 e. The van der Waals surface area contributed by atoms with E-state index in [-0.39, 0.29) is 24.5 Å². The molecule has 4 unspecified atom stereocenters. The number of carbonyl (C=O) groups excluding carboxylic acids is 3. The van der Waals surface area contributed by atoms with E-state index < -0.39 is 23.9 Å². The van der Waals surface area contributed by atoms with Crippen LogP contribution in [0.5, 0.6) is 11.5 Å². The van der Waals surface area contributed by atoms with Crippen molar-refractivity contribution in [3.05, 3.63) is 90.1 Å². The quantitative estimate of drug-likeness (QED) is 0.578. The molecule has 7 rings (SSSR count). The minimum atomic E-state index is -0.861. The van der Waals surface area contributed by atoms with Gasteiger partial charge in [0.05, 0.1) is 23.6 Å². The van der Waals surface area contributed by atoms with Crippen molar-refractivity contribution in [3.8, 4) is 11.5 Å². The highest BCUT2D eigenvalue weighted by atomic mass is 16.7. The van der Waals surface area contributed by atoms with Gasteiger partial charge in [-0.1, -0.05) is 42.5 Å². The monoisotopic (exact) mass is 479 g/mol. The number of imide groups is 1. The van der Waals surface area contributed by atoms with Gasteiger partial charge in [0.15, 0.2) is 11.5 Å². The SMILES string of the molecule is O=C(Nc1ccc2c(c1)OCO2)C1C2C(=O)N(c3ccccc3)C(=O)C2C2c3ccccc3C=CN12. The van der Waals surface area contributed by atoms with Gasteiger partial charge < -0.3 is 19.7 Å². The predicted octanol–water partition coefficient (Wildman–Crippen LogP) is 3.57. The molecule has 1 N–H and O–H groups in total. The molecule has 0 bridgehead atoms. The van der Waals surface area contributed by atoms with Crippen LogP contribution in [0.25, 0.3) is 6.08 Å². The highest BCUT2D eigenvalue weighted by Gasteiger charge is 2.64. The summed E-state index contributed by atoms with van der Waals surface area (Å²) in [5.74, 6) is -1.35. The molecule has 2 fully saturated rings. The number of benzene rings is 3. The fourth-order valence-corrected chi connectivity index (χ4v) is 5.88. The van der Waals surface area contributed by atoms with Crippen molar-refractivity contribution in [1.82, 2.24) is 4.90 Å². The van der Waals surface area contributed by atoms with E-state index in [0.29, 0.717) is 22.9 Å². The Balaban J connectivity index is 1.30. The third kappa shape index (κ3) is 2.90. The van der Waals surface area contributed by atoms with E-state index >= 15 is 0 Å². The molecule has 4 atom stereocenters. The van der Waals surface area contributed by atoms with E-state index in [9.17, 15) is 14.4 Å². The lowest BCUT2D eigenvalue weighted by Crippen LogP contribution is -2.46. The number of carbonyl (C=O) groups is 3. The van der Waals surface area contributed by atoms with Crippen molar-refractivity contribution in [2.75, 3.05) is 17.0 Å². The zero-order chi connectivity index (χ0) is 24.4. The number of ether oxygens (including phenoxy) is 2. The number of rotatable bonds is 3. The summed E-state index contributed by atoms with van der Waals surface area (Å²) in [6, 6.07) is 20.6. The second-order valence-corrected chi connectivity index (χ2v) is 9.24. The summed E-state index contributed by atoms with van der Waals surface area (Å²) < 4.78 is 10.8. The van der Waals surface area contributed by atoms with Crippen molar-refractivity contribution in [3.63, 3.8) is 0 Å². The Morgan fingerprint density at radius 3 is 2.47 bits per heavy atom. The Morgan fingerprint density at radius 1 is 0.861 bits per heavy atom. The Kier molecular flexibility index (Phi) is 4.44. The molecule has 0 spiro atoms. The Hall–Kier alpha value is -4.59. The summed E-state index contributed by atoms with van der Waals surface area (Å²) in [6.45, 7) is 0.130. The van der Waals surface area contributed by atoms with Gasteiger partial charge >= 0.3 is 0 Å². The van der Waals surface area contributed by atoms with Gasteiger partial charge in [-0.2, -0.15) is 0 Å². The number of fused-ring (bicyclic) bond motifs is 6. The van der Waals surface area contributed by atoms with Crippen LogP contribution in [-0.2, 0) is 14.4 Å². The van der Waals surface area contributed by atoms with Crippen LogP contribution in [-0.4, -0.2) is 35.5 Å². The molecular weight excluding hydrogens is 458 g/mol. The first kappa shape index (κ1) is 20.8. The molecule has 4 aliphatic rings. The molecular formula is C28H21N3O5. The molecule has 0 aromatic heterocycles. The van der Waals surface area contributed by atoms with Crippen molar-refractivity contribution in [2.45, 2.75) is 12.1 Å². The molecule has 0 aliphatic carbocycles. The van der Waals surface area contributed by atoms with Crippen LogP contribution in [0.4, 0.5) is 11.4 Å². The van der Waals surface area contributed by atoms with Gasteiger partial charge in [-0.15, -0.1) is 0 Å². The molecule has 36 heavy (non-hydrogen) atoms. The summed E-state index contributed by atoms with van der Waals surface area (Å²) >= 11 is 0. The molecule has 8 nitrogen and oxygen atoms in total. The first-order chi connectivity index (χ1) is 17.6. The van der Waals surface area contributed by atoms with Crippen LogP contribution in [0, 0.1) is 11.8 Å². The van der Waals surface area contributed by atoms with Crippen molar-refractivity contribution < 1.29 is 23.9 Å². The minimum Gasteiger partial charge on any atom is -0.454 e. The second kappa shape index (κ2) is 7.71. The highest BCUT2D eigenvalue weighted by Crippen LogP contribution is 2.53. The average molecular weight is 479 g/mol. The Labute approximate surface area is 206 Å². The van der Waals surface area contributed by atoms with Crippen LogP contribution < -0.4 is 19.7 Å². The van der Waals surface area contributed by atoms with Crippen molar-refractivity contribution in [1.29, 1.82) is 0 Å². The summed E-state index contributed by atoms with van der Waals surface area (Å²) in [6.07, 6.45) is 3.76. The summed E-state index contributed by atoms with van der Waals surface area (Å²) in [5.41, 5.74) is 2.96. The zero-order valence-electron chi connectivity index (χ0n) is 19.0. The number of para-hydroxylation sites is 1. The summed E-state index contributed by atoms with van der Waals surface area (Å²) in [5, 5.41) is 2.94. The van der Waals surface area contributed by atoms with Gasteiger partial charge in [0.25, 0.3) is 0 Å². The molecule has 3 aromatic carbocycles. The molecule has 3 amide bonds. The van der Waals surface area contributed by atoms with Gasteiger partial charge in [-0.05, 0) is 41.5 Å². The second-order valence-electron chi connectivity index (χ2n) is 9.24. The molecule has 2 saturated heterocycles. The van der Waals surface area contributed by atoms with E-state index in [1.165, 1.54) is 4.90 Å². The zero-order valence-corrected chi connectivity index (χ0v) is 19.0. The molecule has 0 radical (unpaired) electrons. The van der Waals surface area contributed by atoms with E-state index in [1.807, 2.05) is 47.5 Å². The molecule has 4 heterocycles. The molecule has 0 saturated carbocycles. The van der Waals surface area contributed by atoms with Gasteiger partial charge in [0.1, 0.15) is 6.04 Å². The van der Waals surface area contributed by atoms with Gasteiger partial charge in [0.2, 0.25) is 24.5 Å². The molecule has 178 valence electrons. The maximum atomic E-state index is 13.8. The highest BCUT2D eigenvalue weighted by molar-refractivity contribution is 6.24. The van der Waals surface area contributed by atoms with Crippen LogP contribution in [0.1, 0.15) is 17.2 Å². The predicted molar refractivity (Wildman–Crippen MR) is 131 cm³/mol. The fraction of sp³-hybridized carbons (Fsp3) is 0.179. The van der Waals surface area contributed by atoms with Gasteiger partial charge in [-0.25, -0.2) is 4.90 Å². The number of amides is 3. The van der Waals surface area contributed by atoms with Crippen LogP contribution in [0.3, 0.4) is 0 Å². The largest absolute Gasteiger partial charge is 0.454 e. The molecule has 4 aliphatic heterocycles. The maximum Gasteiger partial charge on any atom is 0.247 e. The van der Waals surface area contributed by atoms with E-state index in [1.54, 1.807) is 42.5 Å². The Morgan fingerprint density at radius 2 is 1.61 bits per heavy atom. The normalized spacial score (nSPS) is 25.0. The number of nitrogens with one attached hydrogen (secondary N) is 1. The lowest BCUT2D eigenvalue weighted by atomic mass is 9.84. The third-order valence-corrected chi connectivity index (χ3v) is 7.38. The van der Waals surface area contributed by atoms with Crippen LogP contribution in [0.15, 0.2) is 79.0 Å². The summed E-state index contributed by atoms with van der Waals surface area (Å²) in [7, 11) is 0. The van der Waals surface area contributed by atoms with Crippen molar-refractivity contribution >= 4 is 35.2 Å². The topological polar surface area (TPSA) is 88.2 Å². The number of anilines is 2. The van der Waals surface area contributed by atoms with Crippen molar-refractivity contribution in [2.24, 2.45) is 11.8 Å². The standard InChI is InChI=1S/C28H21N3O5/c32-26(29-17-10-11-20-21(14-17)36-15-35-20)25-23-22(24-19-9-5-4-6-16(19)12-13-30(24)25)27(33)31(28(23)34)18-7-2-1-3-8-18/h1-14,22-25H,15H2,(H,29,32). The fourth-order valence-electron chi connectivity index (χ4n) is 5.88. The Bertz CT molecular complexity index is 1450. The molecule has 3 aromatic rings. The van der Waals surface area contributed by atoms with E-state index in [0.717, 1.165) is 11.1 Å². The average Bonchev–Trinajstić information content (AvgIpc) is 3.57. The van der Waals surface area contributed by atoms with Gasteiger partial charge in [0, 0.05) is 18.0 Å². The number of hydrogen-bond donors (Lipinski definition) is 1. The first-order valence-corrected chi connectivity index (χ1v) is 11.8. The number of hydrogen-bond acceptors (Lipinski definition) is 6. The molecule has 8 heteroatoms. The third-order valence-electron chi connectivity index (χ3n) is 7.38. The summed E-state index contributed by atoms with van der Waals surface area (Å²) in [4.78, 5) is 44.5. The van der Waals surface area contributed by atoms with E-state index in [4.69, 9.17) is 9.47 Å². The van der Waals surface area contributed by atoms with Crippen LogP contribution in [0.2, 0.25) is 0 Å². The lowest BCUT2D eigenvalue weighted by molar-refractivity contribution is -0.128. The van der Waals surface area contributed by atoms with E-state index in [2.05, 4.69) is 5.32 Å². The minimum absolute atomic E-state index is 0.130. The van der Waals surface area contributed by atoms with Crippen LogP contribution >= 0.6 is 0 Å². The first-order valence-electron chi connectivity index (χ1n) is 11.8. The maximum absolute atomic E-state index is 13.8.